The molecule has 1 aromatic heterocycles. The van der Waals surface area contributed by atoms with Crippen LogP contribution >= 0.6 is 0 Å². The number of nitrogens with one attached hydrogen (secondary N) is 2. The number of aromatic hydroxyl groups is 2. The molecule has 3 aliphatic heterocycles. The monoisotopic (exact) mass is 1270 g/mol. The van der Waals surface area contributed by atoms with Crippen molar-refractivity contribution in [2.45, 2.75) is 156 Å². The number of nitrogens with zero attached hydrogens (tertiary/aromatic N) is 2. The van der Waals surface area contributed by atoms with E-state index in [9.17, 15) is 49.2 Å². The molecular weight excluding hydrogens is 1170 g/mol. The van der Waals surface area contributed by atoms with Gasteiger partial charge in [0.05, 0.1) is 59.2 Å². The number of aliphatic hydroxyl groups is 2. The summed E-state index contributed by atoms with van der Waals surface area (Å²) in [4.78, 5) is 77.2. The van der Waals surface area contributed by atoms with E-state index in [1.54, 1.807) is 69.4 Å². The molecule has 23 nitrogen and oxygen atoms in total. The van der Waals surface area contributed by atoms with E-state index in [4.69, 9.17) is 43.3 Å². The summed E-state index contributed by atoms with van der Waals surface area (Å²) in [5, 5.41) is 51.2. The van der Waals surface area contributed by atoms with Crippen molar-refractivity contribution >= 4 is 57.9 Å². The molecule has 12 atom stereocenters. The van der Waals surface area contributed by atoms with Crippen molar-refractivity contribution in [2.24, 2.45) is 29.4 Å². The van der Waals surface area contributed by atoms with Gasteiger partial charge in [0.15, 0.2) is 12.2 Å². The quantitative estimate of drug-likeness (QED) is 0.0565. The normalized spacial score (nSPS) is 29.1. The Kier molecular flexibility index (Phi) is 27.8. The highest BCUT2D eigenvalue weighted by atomic mass is 16.6. The van der Waals surface area contributed by atoms with Gasteiger partial charge in [-0.15, -0.1) is 13.2 Å². The zero-order chi connectivity index (χ0) is 67.6. The number of aromatic nitrogens is 1. The number of phenols is 2. The number of carbonyl (C=O) groups is 5. The minimum absolute atomic E-state index is 0.0943. The molecule has 2 aromatic carbocycles. The summed E-state index contributed by atoms with van der Waals surface area (Å²) in [7, 11) is 6.09. The van der Waals surface area contributed by atoms with Crippen LogP contribution in [-0.2, 0) is 67.0 Å². The SMILES string of the molecule is C=CCN1C(=O)COc2cc3c(O)c(c21)C[C@@H](C)C[C@H](OC)[C@H](O)[C@@H](C)/C=C(\C)[C@H](OC(N)=O)C[C@@H](OC)/C=C\C=C(/C)C(=O)N3.C=CCn1c(=O)oc2cc3c(O)c(c21)C[C@@H](C)C[C@H](OC)[C@H](O)[C@@H](C)/C=C(\C)[C@H](OC(C)=O)C[C@@H](OC)/C=C\C=C(/C)C(=O)N3. The number of phenolic OH excluding ortho intramolecular Hbond substituents is 2. The number of fused-ring (bicyclic) bond motifs is 8. The van der Waals surface area contributed by atoms with Crippen molar-refractivity contribution in [3.05, 3.63) is 130 Å². The van der Waals surface area contributed by atoms with Gasteiger partial charge in [0.1, 0.15) is 29.5 Å². The molecule has 0 fully saturated rings. The van der Waals surface area contributed by atoms with Crippen molar-refractivity contribution < 1.29 is 82.0 Å². The third-order valence-electron chi connectivity index (χ3n) is 16.4. The number of hydrogen-bond donors (Lipinski definition) is 7. The second-order valence-corrected chi connectivity index (χ2v) is 23.6. The highest BCUT2D eigenvalue weighted by molar-refractivity contribution is 6.07. The molecule has 91 heavy (non-hydrogen) atoms. The summed E-state index contributed by atoms with van der Waals surface area (Å²) >= 11 is 0. The number of oxazole rings is 1. The zero-order valence-electron chi connectivity index (χ0n) is 54.6. The number of nitrogens with two attached hydrogens (primary N) is 1. The molecule has 0 unspecified atom stereocenters. The van der Waals surface area contributed by atoms with Crippen LogP contribution in [0.25, 0.3) is 11.1 Å². The van der Waals surface area contributed by atoms with Crippen LogP contribution in [0.3, 0.4) is 0 Å². The van der Waals surface area contributed by atoms with Gasteiger partial charge in [-0.05, 0) is 76.4 Å². The third-order valence-corrected chi connectivity index (χ3v) is 16.4. The molecule has 3 aliphatic rings. The van der Waals surface area contributed by atoms with Crippen LogP contribution in [0, 0.1) is 23.7 Å². The maximum Gasteiger partial charge on any atom is 0.420 e. The van der Waals surface area contributed by atoms with Crippen molar-refractivity contribution in [3.8, 4) is 17.2 Å². The number of hydrogen-bond acceptors (Lipinski definition) is 18. The first-order chi connectivity index (χ1) is 43.1. The second kappa shape index (κ2) is 34.4. The van der Waals surface area contributed by atoms with E-state index < -0.39 is 84.4 Å². The number of allylic oxidation sites excluding steroid dienone is 5. The highest BCUT2D eigenvalue weighted by Gasteiger charge is 2.35. The second-order valence-electron chi connectivity index (χ2n) is 23.6. The van der Waals surface area contributed by atoms with Crippen molar-refractivity contribution in [1.82, 2.24) is 4.57 Å². The average molecular weight is 1270 g/mol. The Morgan fingerprint density at radius 1 is 0.692 bits per heavy atom. The molecule has 498 valence electrons. The van der Waals surface area contributed by atoms with Crippen LogP contribution in [-0.4, -0.2) is 145 Å². The topological polar surface area (TPSA) is 319 Å². The first-order valence-electron chi connectivity index (χ1n) is 30.3. The predicted molar refractivity (Wildman–Crippen MR) is 347 cm³/mol. The van der Waals surface area contributed by atoms with Gasteiger partial charge in [-0.25, -0.2) is 9.59 Å². The van der Waals surface area contributed by atoms with Gasteiger partial charge in [0.25, 0.3) is 17.7 Å². The number of anilines is 3. The van der Waals surface area contributed by atoms with E-state index in [-0.39, 0.29) is 91.1 Å². The van der Waals surface area contributed by atoms with Crippen LogP contribution in [0.5, 0.6) is 17.2 Å². The van der Waals surface area contributed by atoms with E-state index in [1.807, 2.05) is 46.8 Å². The Hall–Kier alpha value is -8.06. The highest BCUT2D eigenvalue weighted by Crippen LogP contribution is 2.47. The Labute approximate surface area is 532 Å². The molecule has 4 bridgehead atoms. The summed E-state index contributed by atoms with van der Waals surface area (Å²) in [6, 6.07) is 2.94. The number of methoxy groups -OCH3 is 4. The molecule has 3 aromatic rings. The summed E-state index contributed by atoms with van der Waals surface area (Å²) in [6.07, 6.45) is 12.4. The molecular formula is C68H93N5O18. The maximum atomic E-state index is 13.2. The minimum atomic E-state index is -0.942. The molecule has 6 rings (SSSR count). The minimum Gasteiger partial charge on any atom is -0.505 e. The van der Waals surface area contributed by atoms with Gasteiger partial charge < -0.3 is 79.3 Å². The molecule has 0 spiro atoms. The van der Waals surface area contributed by atoms with Crippen LogP contribution in [0.2, 0.25) is 0 Å². The van der Waals surface area contributed by atoms with Gasteiger partial charge in [0.2, 0.25) is 0 Å². The fourth-order valence-corrected chi connectivity index (χ4v) is 11.4. The van der Waals surface area contributed by atoms with Gasteiger partial charge in [0, 0.05) is 108 Å². The van der Waals surface area contributed by atoms with Crippen LogP contribution in [0.1, 0.15) is 99.1 Å². The number of rotatable bonds is 10. The summed E-state index contributed by atoms with van der Waals surface area (Å²) < 4.78 is 46.4. The van der Waals surface area contributed by atoms with Crippen molar-refractivity contribution in [1.29, 1.82) is 0 Å². The lowest BCUT2D eigenvalue weighted by Crippen LogP contribution is -2.40. The number of primary amides is 1. The standard InChI is InChI=1S/C34H47N3O9.C34H46N2O9/c1-8-12-37-29(38)18-45-27-17-25-32(40)24(30(27)37)13-19(2)14-28(44-7)31(39)22(5)15-21(4)26(46-34(35)42)16-23(43-6)11-9-10-20(3)33(41)36-25;1-9-13-36-30-25-14-19(2)15-29(43-8)31(38)22(5)16-21(4)27(44-23(6)37)17-24(42-7)12-10-11-20(3)33(40)35-26(32(25)39)18-28(30)45-34(36)41/h8-11,15,17,19,22-23,26,28,31,39-40H,1,12-14,16,18H2,2-7H3,(H2,35,42)(H,36,41);9-12,16,18-19,22,24,27,29,31,38-39H,1,13-15,17H2,2-8H3,(H,35,40)/b11-9-,20-10+,21-15+;12-10-,20-11+,21-16+/t19-,22+,23+,26-,28+,31-;19-,22+,24+,27-,29+,31-/m11/s1. The molecule has 0 aliphatic carbocycles. The van der Waals surface area contributed by atoms with E-state index in [1.165, 1.54) is 57.0 Å². The molecule has 23 heteroatoms. The first-order valence-corrected chi connectivity index (χ1v) is 30.3. The molecule has 8 N–H and O–H groups in total. The van der Waals surface area contributed by atoms with Crippen LogP contribution < -0.4 is 31.8 Å². The molecule has 0 saturated heterocycles. The molecule has 4 amide bonds. The largest absolute Gasteiger partial charge is 0.505 e. The Balaban J connectivity index is 0.000000331. The third kappa shape index (κ3) is 19.7. The van der Waals surface area contributed by atoms with Crippen molar-refractivity contribution in [2.75, 3.05) is 57.1 Å². The van der Waals surface area contributed by atoms with Gasteiger partial charge in [-0.3, -0.25) is 23.7 Å². The lowest BCUT2D eigenvalue weighted by atomic mass is 9.87. The van der Waals surface area contributed by atoms with E-state index in [0.717, 1.165) is 5.57 Å². The van der Waals surface area contributed by atoms with E-state index >= 15 is 0 Å². The molecule has 0 radical (unpaired) electrons. The van der Waals surface area contributed by atoms with Crippen molar-refractivity contribution in [3.63, 3.8) is 0 Å². The number of benzene rings is 2. The molecule has 4 heterocycles. The van der Waals surface area contributed by atoms with Crippen LogP contribution in [0.4, 0.5) is 21.9 Å². The number of carbonyl (C=O) groups excluding carboxylic acids is 5. The maximum absolute atomic E-state index is 13.2. The lowest BCUT2D eigenvalue weighted by molar-refractivity contribution is -0.145. The number of ether oxygens (including phenoxy) is 7. The summed E-state index contributed by atoms with van der Waals surface area (Å²) in [5.74, 6) is -3.43. The fraction of sp³-hybridized carbons (Fsp3) is 0.500. The predicted octanol–water partition coefficient (Wildman–Crippen LogP) is 8.96. The fourth-order valence-electron chi connectivity index (χ4n) is 11.4. The number of amides is 4. The average Bonchev–Trinajstić information content (AvgIpc) is 1.76. The van der Waals surface area contributed by atoms with Gasteiger partial charge in [-0.2, -0.15) is 0 Å². The molecule has 0 saturated carbocycles. The van der Waals surface area contributed by atoms with Gasteiger partial charge in [-0.1, -0.05) is 88.5 Å². The Morgan fingerprint density at radius 2 is 1.16 bits per heavy atom. The van der Waals surface area contributed by atoms with E-state index in [2.05, 4.69) is 23.8 Å². The first kappa shape index (κ1) is 73.7. The lowest BCUT2D eigenvalue weighted by Gasteiger charge is -2.33. The smallest absolute Gasteiger partial charge is 0.420 e. The van der Waals surface area contributed by atoms with E-state index in [0.29, 0.717) is 64.1 Å². The summed E-state index contributed by atoms with van der Waals surface area (Å²) in [6.45, 7) is 23.5. The Morgan fingerprint density at radius 3 is 1.63 bits per heavy atom. The Bertz CT molecular complexity index is 3350. The number of aliphatic hydroxyl groups excluding tert-OH is 2. The zero-order valence-corrected chi connectivity index (χ0v) is 54.6. The van der Waals surface area contributed by atoms with Crippen LogP contribution in [0.15, 0.2) is 118 Å². The van der Waals surface area contributed by atoms with Gasteiger partial charge >= 0.3 is 17.8 Å². The summed E-state index contributed by atoms with van der Waals surface area (Å²) in [5.41, 5.74) is 9.55. The number of esters is 1.